The molecule has 1 heterocycles. The topological polar surface area (TPSA) is 61.9 Å². The van der Waals surface area contributed by atoms with Gasteiger partial charge >= 0.3 is 0 Å². The highest BCUT2D eigenvalue weighted by molar-refractivity contribution is 5.99. The maximum atomic E-state index is 13.3. The molecule has 0 saturated carbocycles. The van der Waals surface area contributed by atoms with Gasteiger partial charge in [0.05, 0.1) is 13.2 Å². The summed E-state index contributed by atoms with van der Waals surface area (Å²) in [7, 11) is 3.39. The number of ether oxygens (including phenoxy) is 1. The number of amides is 2. The van der Waals surface area contributed by atoms with Crippen LogP contribution in [0, 0.1) is 0 Å². The SMILES string of the molecule is CCN(C)C(=O)c1cccc(C(=O)N2CCNCC2c2ccccc2OC)c1.Cl. The third kappa shape index (κ3) is 4.89. The molecular formula is C22H28ClN3O3. The summed E-state index contributed by atoms with van der Waals surface area (Å²) < 4.78 is 5.51. The van der Waals surface area contributed by atoms with E-state index in [-0.39, 0.29) is 30.3 Å². The first kappa shape index (κ1) is 22.7. The second-order valence-corrected chi connectivity index (χ2v) is 6.86. The van der Waals surface area contributed by atoms with Crippen molar-refractivity contribution in [3.8, 4) is 5.75 Å². The van der Waals surface area contributed by atoms with Crippen molar-refractivity contribution in [2.75, 3.05) is 40.3 Å². The molecule has 1 saturated heterocycles. The number of nitrogens with one attached hydrogen (secondary N) is 1. The van der Waals surface area contributed by atoms with Gasteiger partial charge in [-0.25, -0.2) is 0 Å². The minimum absolute atomic E-state index is 0. The number of rotatable bonds is 5. The first-order valence-electron chi connectivity index (χ1n) is 9.57. The van der Waals surface area contributed by atoms with Crippen molar-refractivity contribution in [2.24, 2.45) is 0 Å². The molecule has 6 nitrogen and oxygen atoms in total. The molecule has 1 unspecified atom stereocenters. The van der Waals surface area contributed by atoms with E-state index in [1.54, 1.807) is 43.3 Å². The molecule has 0 bridgehead atoms. The standard InChI is InChI=1S/C22H27N3O3.ClH/c1-4-24(2)21(26)16-8-7-9-17(14-16)22(27)25-13-12-23-15-19(25)18-10-5-6-11-20(18)28-3;/h5-11,14,19,23H,4,12-13,15H2,1-3H3;1H. The fraction of sp³-hybridized carbons (Fsp3) is 0.364. The molecule has 1 fully saturated rings. The van der Waals surface area contributed by atoms with Gasteiger partial charge in [-0.05, 0) is 31.2 Å². The number of hydrogen-bond donors (Lipinski definition) is 1. The Morgan fingerprint density at radius 2 is 1.90 bits per heavy atom. The Balaban J connectivity index is 0.00000300. The summed E-state index contributed by atoms with van der Waals surface area (Å²) in [5.41, 5.74) is 2.03. The number of para-hydroxylation sites is 1. The Kier molecular flexibility index (Phi) is 8.05. The molecule has 0 spiro atoms. The van der Waals surface area contributed by atoms with Crippen molar-refractivity contribution >= 4 is 24.2 Å². The molecule has 0 aromatic heterocycles. The zero-order valence-corrected chi connectivity index (χ0v) is 17.9. The van der Waals surface area contributed by atoms with E-state index in [2.05, 4.69) is 5.32 Å². The van der Waals surface area contributed by atoms with Gasteiger partial charge in [-0.15, -0.1) is 12.4 Å². The van der Waals surface area contributed by atoms with E-state index in [1.165, 1.54) is 0 Å². The van der Waals surface area contributed by atoms with Crippen LogP contribution >= 0.6 is 12.4 Å². The van der Waals surface area contributed by atoms with E-state index >= 15 is 0 Å². The third-order valence-electron chi connectivity index (χ3n) is 5.18. The van der Waals surface area contributed by atoms with Crippen molar-refractivity contribution in [1.29, 1.82) is 0 Å². The summed E-state index contributed by atoms with van der Waals surface area (Å²) in [6.45, 7) is 4.52. The predicted octanol–water partition coefficient (Wildman–Crippen LogP) is 3.00. The number of nitrogens with zero attached hydrogens (tertiary/aromatic N) is 2. The van der Waals surface area contributed by atoms with Crippen LogP contribution in [0.5, 0.6) is 5.75 Å². The lowest BCUT2D eigenvalue weighted by Gasteiger charge is -2.37. The second-order valence-electron chi connectivity index (χ2n) is 6.86. The minimum Gasteiger partial charge on any atom is -0.496 e. The van der Waals surface area contributed by atoms with E-state index in [4.69, 9.17) is 4.74 Å². The third-order valence-corrected chi connectivity index (χ3v) is 5.18. The molecule has 0 aliphatic carbocycles. The lowest BCUT2D eigenvalue weighted by Crippen LogP contribution is -2.48. The van der Waals surface area contributed by atoms with Crippen LogP contribution in [0.25, 0.3) is 0 Å². The van der Waals surface area contributed by atoms with Crippen LogP contribution in [0.1, 0.15) is 39.2 Å². The number of piperazine rings is 1. The minimum atomic E-state index is -0.130. The maximum absolute atomic E-state index is 13.3. The van der Waals surface area contributed by atoms with Crippen molar-refractivity contribution in [1.82, 2.24) is 15.1 Å². The van der Waals surface area contributed by atoms with Crippen LogP contribution in [0.2, 0.25) is 0 Å². The summed E-state index contributed by atoms with van der Waals surface area (Å²) in [5.74, 6) is 0.604. The van der Waals surface area contributed by atoms with Gasteiger partial charge in [0, 0.05) is 49.9 Å². The largest absolute Gasteiger partial charge is 0.496 e. The van der Waals surface area contributed by atoms with E-state index < -0.39 is 0 Å². The van der Waals surface area contributed by atoms with Crippen LogP contribution < -0.4 is 10.1 Å². The molecular weight excluding hydrogens is 390 g/mol. The molecule has 2 amide bonds. The molecule has 2 aromatic rings. The van der Waals surface area contributed by atoms with E-state index in [1.807, 2.05) is 36.1 Å². The molecule has 1 aliphatic rings. The number of carbonyl (C=O) groups excluding carboxylic acids is 2. The van der Waals surface area contributed by atoms with E-state index in [0.717, 1.165) is 17.9 Å². The van der Waals surface area contributed by atoms with Gasteiger partial charge in [0.15, 0.2) is 0 Å². The average Bonchev–Trinajstić information content (AvgIpc) is 2.77. The molecule has 3 rings (SSSR count). The van der Waals surface area contributed by atoms with Gasteiger partial charge in [-0.3, -0.25) is 9.59 Å². The zero-order valence-electron chi connectivity index (χ0n) is 17.1. The maximum Gasteiger partial charge on any atom is 0.254 e. The zero-order chi connectivity index (χ0) is 20.1. The highest BCUT2D eigenvalue weighted by Gasteiger charge is 2.30. The molecule has 1 N–H and O–H groups in total. The summed E-state index contributed by atoms with van der Waals surface area (Å²) in [5, 5.41) is 3.36. The Bertz CT molecular complexity index is 859. The molecule has 0 radical (unpaired) electrons. The summed E-state index contributed by atoms with van der Waals surface area (Å²) in [6, 6.07) is 14.6. The molecule has 1 atom stereocenters. The van der Waals surface area contributed by atoms with Crippen LogP contribution in [-0.4, -0.2) is 62.0 Å². The first-order chi connectivity index (χ1) is 13.6. The smallest absolute Gasteiger partial charge is 0.254 e. The number of halogens is 1. The van der Waals surface area contributed by atoms with E-state index in [0.29, 0.717) is 30.8 Å². The number of carbonyl (C=O) groups is 2. The van der Waals surface area contributed by atoms with Crippen LogP contribution in [0.15, 0.2) is 48.5 Å². The first-order valence-corrected chi connectivity index (χ1v) is 9.57. The summed E-state index contributed by atoms with van der Waals surface area (Å²) in [6.07, 6.45) is 0. The fourth-order valence-corrected chi connectivity index (χ4v) is 3.48. The summed E-state index contributed by atoms with van der Waals surface area (Å²) >= 11 is 0. The lowest BCUT2D eigenvalue weighted by atomic mass is 10.00. The quantitative estimate of drug-likeness (QED) is 0.812. The predicted molar refractivity (Wildman–Crippen MR) is 116 cm³/mol. The van der Waals surface area contributed by atoms with Gasteiger partial charge in [0.2, 0.25) is 0 Å². The monoisotopic (exact) mass is 417 g/mol. The Labute approximate surface area is 178 Å². The van der Waals surface area contributed by atoms with Crippen molar-refractivity contribution in [3.63, 3.8) is 0 Å². The number of benzene rings is 2. The number of methoxy groups -OCH3 is 1. The summed E-state index contributed by atoms with van der Waals surface area (Å²) in [4.78, 5) is 29.3. The highest BCUT2D eigenvalue weighted by atomic mass is 35.5. The van der Waals surface area contributed by atoms with Gasteiger partial charge in [-0.2, -0.15) is 0 Å². The van der Waals surface area contributed by atoms with Crippen LogP contribution in [0.3, 0.4) is 0 Å². The average molecular weight is 418 g/mol. The normalized spacial score (nSPS) is 16.0. The Hall–Kier alpha value is -2.57. The van der Waals surface area contributed by atoms with Crippen LogP contribution in [-0.2, 0) is 0 Å². The van der Waals surface area contributed by atoms with Gasteiger partial charge < -0.3 is 19.9 Å². The Morgan fingerprint density at radius 1 is 1.17 bits per heavy atom. The molecule has 7 heteroatoms. The molecule has 156 valence electrons. The Morgan fingerprint density at radius 3 is 2.62 bits per heavy atom. The van der Waals surface area contributed by atoms with Crippen molar-refractivity contribution in [2.45, 2.75) is 13.0 Å². The second kappa shape index (κ2) is 10.3. The fourth-order valence-electron chi connectivity index (χ4n) is 3.48. The molecule has 1 aliphatic heterocycles. The molecule has 2 aromatic carbocycles. The van der Waals surface area contributed by atoms with Crippen molar-refractivity contribution in [3.05, 3.63) is 65.2 Å². The van der Waals surface area contributed by atoms with Crippen molar-refractivity contribution < 1.29 is 14.3 Å². The molecule has 29 heavy (non-hydrogen) atoms. The van der Waals surface area contributed by atoms with Gasteiger partial charge in [-0.1, -0.05) is 24.3 Å². The van der Waals surface area contributed by atoms with Gasteiger partial charge in [0.25, 0.3) is 11.8 Å². The number of hydrogen-bond acceptors (Lipinski definition) is 4. The van der Waals surface area contributed by atoms with Gasteiger partial charge in [0.1, 0.15) is 5.75 Å². The lowest BCUT2D eigenvalue weighted by molar-refractivity contribution is 0.0631. The van der Waals surface area contributed by atoms with Crippen LogP contribution in [0.4, 0.5) is 0 Å². The van der Waals surface area contributed by atoms with E-state index in [9.17, 15) is 9.59 Å². The highest BCUT2D eigenvalue weighted by Crippen LogP contribution is 2.31.